The maximum absolute atomic E-state index is 12.3. The summed E-state index contributed by atoms with van der Waals surface area (Å²) < 4.78 is 21.5. The van der Waals surface area contributed by atoms with Crippen molar-refractivity contribution in [2.45, 2.75) is 0 Å². The van der Waals surface area contributed by atoms with Gasteiger partial charge in [0.05, 0.1) is 0 Å². The average molecular weight is 338 g/mol. The molecule has 6 heteroatoms. The minimum Gasteiger partial charge on any atom is -0.486 e. The number of benzene rings is 2. The Labute approximate surface area is 142 Å². The summed E-state index contributed by atoms with van der Waals surface area (Å²) in [4.78, 5) is 23.6. The van der Waals surface area contributed by atoms with Gasteiger partial charge in [-0.05, 0) is 36.4 Å². The van der Waals surface area contributed by atoms with Crippen molar-refractivity contribution in [1.29, 1.82) is 0 Å². The Hall–Kier alpha value is -3.28. The van der Waals surface area contributed by atoms with E-state index in [4.69, 9.17) is 18.6 Å². The van der Waals surface area contributed by atoms with Gasteiger partial charge in [-0.1, -0.05) is 0 Å². The molecule has 1 aliphatic rings. The highest BCUT2D eigenvalue weighted by molar-refractivity contribution is 5.98. The molecule has 0 saturated carbocycles. The number of rotatable bonds is 4. The van der Waals surface area contributed by atoms with Crippen LogP contribution < -0.4 is 19.8 Å². The highest BCUT2D eigenvalue weighted by Gasteiger charge is 2.15. The fourth-order valence-corrected chi connectivity index (χ4v) is 2.58. The smallest absolute Gasteiger partial charge is 0.336 e. The van der Waals surface area contributed by atoms with E-state index in [-0.39, 0.29) is 12.4 Å². The minimum absolute atomic E-state index is 0.137. The molecule has 0 bridgehead atoms. The maximum Gasteiger partial charge on any atom is 0.336 e. The van der Waals surface area contributed by atoms with Gasteiger partial charge in [-0.15, -0.1) is 0 Å². The van der Waals surface area contributed by atoms with Crippen LogP contribution in [0.5, 0.6) is 17.2 Å². The zero-order valence-corrected chi connectivity index (χ0v) is 13.2. The molecule has 126 valence electrons. The van der Waals surface area contributed by atoms with Gasteiger partial charge in [0.2, 0.25) is 0 Å². The van der Waals surface area contributed by atoms with Crippen molar-refractivity contribution in [3.8, 4) is 17.2 Å². The van der Waals surface area contributed by atoms with Gasteiger partial charge in [-0.25, -0.2) is 4.79 Å². The maximum atomic E-state index is 12.3. The largest absolute Gasteiger partial charge is 0.486 e. The Morgan fingerprint density at radius 3 is 2.64 bits per heavy atom. The molecule has 1 aromatic heterocycles. The summed E-state index contributed by atoms with van der Waals surface area (Å²) in [6.07, 6.45) is 0. The lowest BCUT2D eigenvalue weighted by Gasteiger charge is -2.18. The summed E-state index contributed by atoms with van der Waals surface area (Å²) in [5, 5.41) is 0.783. The number of carbonyl (C=O) groups excluding carboxylic acids is 1. The lowest BCUT2D eigenvalue weighted by Crippen LogP contribution is -2.17. The molecular formula is C19H14O6. The van der Waals surface area contributed by atoms with Crippen molar-refractivity contribution in [3.05, 3.63) is 64.5 Å². The van der Waals surface area contributed by atoms with Crippen LogP contribution in [0.3, 0.4) is 0 Å². The summed E-state index contributed by atoms with van der Waals surface area (Å²) in [7, 11) is 0. The van der Waals surface area contributed by atoms with E-state index in [1.54, 1.807) is 42.5 Å². The zero-order chi connectivity index (χ0) is 17.2. The average Bonchev–Trinajstić information content (AvgIpc) is 2.65. The molecule has 0 aliphatic carbocycles. The van der Waals surface area contributed by atoms with Crippen LogP contribution in [0.4, 0.5) is 0 Å². The first kappa shape index (κ1) is 15.3. The Morgan fingerprint density at radius 2 is 1.76 bits per heavy atom. The third-order valence-electron chi connectivity index (χ3n) is 3.83. The SMILES string of the molecule is O=C(COc1ccc2ccc(=O)oc2c1)c1ccc2c(c1)OCCO2. The van der Waals surface area contributed by atoms with Gasteiger partial charge >= 0.3 is 5.63 Å². The molecule has 0 unspecified atom stereocenters. The van der Waals surface area contributed by atoms with Crippen molar-refractivity contribution in [2.75, 3.05) is 19.8 Å². The Balaban J connectivity index is 1.49. The zero-order valence-electron chi connectivity index (χ0n) is 13.2. The normalized spacial score (nSPS) is 12.8. The molecule has 0 atom stereocenters. The van der Waals surface area contributed by atoms with Crippen molar-refractivity contribution in [3.63, 3.8) is 0 Å². The number of carbonyl (C=O) groups is 1. The molecule has 2 aromatic carbocycles. The molecule has 1 aliphatic heterocycles. The van der Waals surface area contributed by atoms with E-state index in [0.717, 1.165) is 5.39 Å². The van der Waals surface area contributed by atoms with Crippen molar-refractivity contribution < 1.29 is 23.4 Å². The fourth-order valence-electron chi connectivity index (χ4n) is 2.58. The van der Waals surface area contributed by atoms with Crippen molar-refractivity contribution in [2.24, 2.45) is 0 Å². The van der Waals surface area contributed by atoms with E-state index in [1.165, 1.54) is 6.07 Å². The molecule has 0 radical (unpaired) electrons. The molecule has 6 nitrogen and oxygen atoms in total. The molecule has 0 amide bonds. The molecule has 25 heavy (non-hydrogen) atoms. The van der Waals surface area contributed by atoms with E-state index < -0.39 is 5.63 Å². The van der Waals surface area contributed by atoms with Gasteiger partial charge in [-0.2, -0.15) is 0 Å². The molecule has 0 saturated heterocycles. The second-order valence-corrected chi connectivity index (χ2v) is 5.52. The van der Waals surface area contributed by atoms with Crippen LogP contribution in [0, 0.1) is 0 Å². The van der Waals surface area contributed by atoms with E-state index in [9.17, 15) is 9.59 Å². The standard InChI is InChI=1S/C19H14O6/c20-15(13-2-5-16-18(9-13)23-8-7-22-16)11-24-14-4-1-12-3-6-19(21)25-17(12)10-14/h1-6,9-10H,7-8,11H2. The van der Waals surface area contributed by atoms with Crippen LogP contribution in [-0.2, 0) is 0 Å². The molecule has 3 aromatic rings. The van der Waals surface area contributed by atoms with Crippen LogP contribution in [-0.4, -0.2) is 25.6 Å². The highest BCUT2D eigenvalue weighted by atomic mass is 16.6. The molecule has 0 spiro atoms. The molecule has 4 rings (SSSR count). The van der Waals surface area contributed by atoms with E-state index in [1.807, 2.05) is 0 Å². The summed E-state index contributed by atoms with van der Waals surface area (Å²) >= 11 is 0. The van der Waals surface area contributed by atoms with E-state index in [2.05, 4.69) is 0 Å². The van der Waals surface area contributed by atoms with Crippen LogP contribution in [0.25, 0.3) is 11.0 Å². The Kier molecular flexibility index (Phi) is 3.85. The highest BCUT2D eigenvalue weighted by Crippen LogP contribution is 2.31. The third kappa shape index (κ3) is 3.19. The van der Waals surface area contributed by atoms with Gasteiger partial charge in [0.1, 0.15) is 24.5 Å². The van der Waals surface area contributed by atoms with Crippen molar-refractivity contribution >= 4 is 16.8 Å². The topological polar surface area (TPSA) is 75.0 Å². The number of ketones is 1. The summed E-state index contributed by atoms with van der Waals surface area (Å²) in [6, 6.07) is 13.2. The monoisotopic (exact) mass is 338 g/mol. The predicted octanol–water partition coefficient (Wildman–Crippen LogP) is 2.83. The number of hydrogen-bond acceptors (Lipinski definition) is 6. The van der Waals surface area contributed by atoms with Crippen LogP contribution in [0.15, 0.2) is 57.7 Å². The number of ether oxygens (including phenoxy) is 3. The molecule has 0 fully saturated rings. The Morgan fingerprint density at radius 1 is 0.960 bits per heavy atom. The van der Waals surface area contributed by atoms with Crippen LogP contribution in [0.2, 0.25) is 0 Å². The van der Waals surface area contributed by atoms with Crippen molar-refractivity contribution in [1.82, 2.24) is 0 Å². The van der Waals surface area contributed by atoms with E-state index in [0.29, 0.717) is 41.6 Å². The van der Waals surface area contributed by atoms with Gasteiger partial charge < -0.3 is 18.6 Å². The first-order valence-corrected chi connectivity index (χ1v) is 7.79. The lowest BCUT2D eigenvalue weighted by atomic mass is 10.1. The van der Waals surface area contributed by atoms with Gasteiger partial charge in [0, 0.05) is 23.1 Å². The van der Waals surface area contributed by atoms with Gasteiger partial charge in [0.15, 0.2) is 23.9 Å². The van der Waals surface area contributed by atoms with E-state index >= 15 is 0 Å². The lowest BCUT2D eigenvalue weighted by molar-refractivity contribution is 0.0920. The second-order valence-electron chi connectivity index (χ2n) is 5.52. The number of Topliss-reactive ketones (excluding diaryl/α,β-unsaturated/α-hetero) is 1. The van der Waals surface area contributed by atoms with Gasteiger partial charge in [-0.3, -0.25) is 4.79 Å². The first-order chi connectivity index (χ1) is 12.2. The summed E-state index contributed by atoms with van der Waals surface area (Å²) in [6.45, 7) is 0.827. The van der Waals surface area contributed by atoms with Crippen LogP contribution >= 0.6 is 0 Å². The third-order valence-corrected chi connectivity index (χ3v) is 3.83. The summed E-state index contributed by atoms with van der Waals surface area (Å²) in [5.41, 5.74) is 0.463. The molecular weight excluding hydrogens is 324 g/mol. The predicted molar refractivity (Wildman–Crippen MR) is 89.7 cm³/mol. The Bertz CT molecular complexity index is 1000. The minimum atomic E-state index is -0.433. The second kappa shape index (κ2) is 6.32. The number of hydrogen-bond donors (Lipinski definition) is 0. The molecule has 0 N–H and O–H groups in total. The first-order valence-electron chi connectivity index (χ1n) is 7.79. The number of fused-ring (bicyclic) bond motifs is 2. The molecule has 2 heterocycles. The van der Waals surface area contributed by atoms with Gasteiger partial charge in [0.25, 0.3) is 0 Å². The van der Waals surface area contributed by atoms with Crippen LogP contribution in [0.1, 0.15) is 10.4 Å². The summed E-state index contributed by atoms with van der Waals surface area (Å²) in [5.74, 6) is 1.46. The fraction of sp³-hybridized carbons (Fsp3) is 0.158. The quantitative estimate of drug-likeness (QED) is 0.538.